The number of ether oxygens (including phenoxy) is 2. The number of aromatic hydroxyl groups is 1. The molecule has 0 saturated carbocycles. The molecule has 0 spiro atoms. The summed E-state index contributed by atoms with van der Waals surface area (Å²) in [5, 5.41) is 13.2. The van der Waals surface area contributed by atoms with E-state index in [0.717, 1.165) is 13.0 Å². The van der Waals surface area contributed by atoms with E-state index in [9.17, 15) is 9.50 Å². The molecule has 1 unspecified atom stereocenters. The Kier molecular flexibility index (Phi) is 2.99. The maximum absolute atomic E-state index is 13.8. The molecule has 4 nitrogen and oxygen atoms in total. The molecule has 2 aliphatic rings. The minimum Gasteiger partial charge on any atom is -0.505 e. The second kappa shape index (κ2) is 4.65. The van der Waals surface area contributed by atoms with Crippen LogP contribution in [0.2, 0.25) is 0 Å². The van der Waals surface area contributed by atoms with Crippen molar-refractivity contribution in [1.29, 1.82) is 0 Å². The molecular weight excluding hydrogens is 237 g/mol. The standard InChI is InChI=1S/C13H16FNO3/c14-11-12(16)8(5-9-3-1-2-4-15-9)6-10-13(11)18-7-17-10/h6,9,15-16H,1-5,7H2. The zero-order valence-electron chi connectivity index (χ0n) is 10.0. The van der Waals surface area contributed by atoms with Gasteiger partial charge in [0.1, 0.15) is 0 Å². The molecule has 0 bridgehead atoms. The van der Waals surface area contributed by atoms with Crippen molar-refractivity contribution in [2.45, 2.75) is 31.7 Å². The number of phenolic OH excluding ortho intramolecular Hbond substituents is 1. The third kappa shape index (κ3) is 1.99. The first-order chi connectivity index (χ1) is 8.75. The lowest BCUT2D eigenvalue weighted by atomic mass is 9.97. The maximum Gasteiger partial charge on any atom is 0.231 e. The minimum atomic E-state index is -0.712. The first kappa shape index (κ1) is 11.6. The molecule has 5 heteroatoms. The number of hydrogen-bond donors (Lipinski definition) is 2. The zero-order valence-corrected chi connectivity index (χ0v) is 10.0. The number of rotatable bonds is 2. The first-order valence-corrected chi connectivity index (χ1v) is 6.29. The van der Waals surface area contributed by atoms with E-state index in [2.05, 4.69) is 5.32 Å². The number of benzene rings is 1. The summed E-state index contributed by atoms with van der Waals surface area (Å²) in [7, 11) is 0. The molecular formula is C13H16FNO3. The predicted octanol–water partition coefficient (Wildman–Crippen LogP) is 1.94. The fraction of sp³-hybridized carbons (Fsp3) is 0.538. The van der Waals surface area contributed by atoms with Gasteiger partial charge in [-0.2, -0.15) is 4.39 Å². The quantitative estimate of drug-likeness (QED) is 0.845. The molecule has 98 valence electrons. The van der Waals surface area contributed by atoms with Crippen molar-refractivity contribution in [3.63, 3.8) is 0 Å². The van der Waals surface area contributed by atoms with Gasteiger partial charge in [0.25, 0.3) is 0 Å². The molecule has 0 radical (unpaired) electrons. The van der Waals surface area contributed by atoms with Gasteiger partial charge in [0.2, 0.25) is 18.4 Å². The van der Waals surface area contributed by atoms with E-state index < -0.39 is 5.82 Å². The lowest BCUT2D eigenvalue weighted by molar-refractivity contribution is 0.170. The molecule has 0 amide bonds. The lowest BCUT2D eigenvalue weighted by Gasteiger charge is -2.23. The van der Waals surface area contributed by atoms with Gasteiger partial charge in [0, 0.05) is 11.6 Å². The van der Waals surface area contributed by atoms with E-state index in [0.29, 0.717) is 23.8 Å². The Labute approximate surface area is 105 Å². The van der Waals surface area contributed by atoms with E-state index in [1.54, 1.807) is 6.07 Å². The van der Waals surface area contributed by atoms with Crippen LogP contribution in [-0.2, 0) is 6.42 Å². The topological polar surface area (TPSA) is 50.7 Å². The Bertz CT molecular complexity index is 458. The van der Waals surface area contributed by atoms with Gasteiger partial charge in [0.15, 0.2) is 11.5 Å². The number of fused-ring (bicyclic) bond motifs is 1. The summed E-state index contributed by atoms with van der Waals surface area (Å²) in [5.41, 5.74) is 0.580. The summed E-state index contributed by atoms with van der Waals surface area (Å²) >= 11 is 0. The summed E-state index contributed by atoms with van der Waals surface area (Å²) < 4.78 is 24.0. The van der Waals surface area contributed by atoms with Gasteiger partial charge in [-0.1, -0.05) is 6.42 Å². The summed E-state index contributed by atoms with van der Waals surface area (Å²) in [6.45, 7) is 0.995. The van der Waals surface area contributed by atoms with Gasteiger partial charge in [0.05, 0.1) is 0 Å². The van der Waals surface area contributed by atoms with Gasteiger partial charge in [-0.3, -0.25) is 0 Å². The van der Waals surface area contributed by atoms with Crippen molar-refractivity contribution in [3.8, 4) is 17.2 Å². The summed E-state index contributed by atoms with van der Waals surface area (Å²) in [4.78, 5) is 0. The summed E-state index contributed by atoms with van der Waals surface area (Å²) in [5.74, 6) is -0.619. The van der Waals surface area contributed by atoms with Crippen molar-refractivity contribution in [3.05, 3.63) is 17.4 Å². The third-order valence-corrected chi connectivity index (χ3v) is 3.54. The van der Waals surface area contributed by atoms with Gasteiger partial charge >= 0.3 is 0 Å². The van der Waals surface area contributed by atoms with E-state index in [1.807, 2.05) is 0 Å². The average Bonchev–Trinajstić information content (AvgIpc) is 2.85. The highest BCUT2D eigenvalue weighted by Crippen LogP contribution is 2.41. The van der Waals surface area contributed by atoms with Crippen molar-refractivity contribution in [1.82, 2.24) is 5.32 Å². The van der Waals surface area contributed by atoms with Crippen LogP contribution in [0.1, 0.15) is 24.8 Å². The molecule has 1 fully saturated rings. The molecule has 1 saturated heterocycles. The van der Waals surface area contributed by atoms with Crippen molar-refractivity contribution >= 4 is 0 Å². The highest BCUT2D eigenvalue weighted by Gasteiger charge is 2.26. The molecule has 0 aromatic heterocycles. The molecule has 1 atom stereocenters. The normalized spacial score (nSPS) is 22.2. The highest BCUT2D eigenvalue weighted by atomic mass is 19.1. The van der Waals surface area contributed by atoms with Gasteiger partial charge in [-0.25, -0.2) is 0 Å². The number of phenols is 1. The van der Waals surface area contributed by atoms with Crippen molar-refractivity contribution in [2.75, 3.05) is 13.3 Å². The molecule has 18 heavy (non-hydrogen) atoms. The minimum absolute atomic E-state index is 0.0107. The van der Waals surface area contributed by atoms with Crippen LogP contribution in [-0.4, -0.2) is 24.5 Å². The second-order valence-electron chi connectivity index (χ2n) is 4.78. The van der Waals surface area contributed by atoms with Crippen molar-refractivity contribution in [2.24, 2.45) is 0 Å². The summed E-state index contributed by atoms with van der Waals surface area (Å²) in [6.07, 6.45) is 4.01. The van der Waals surface area contributed by atoms with Gasteiger partial charge in [-0.15, -0.1) is 0 Å². The van der Waals surface area contributed by atoms with E-state index in [-0.39, 0.29) is 18.3 Å². The van der Waals surface area contributed by atoms with Crippen LogP contribution in [0.4, 0.5) is 4.39 Å². The SMILES string of the molecule is Oc1c(CC2CCCCN2)cc2c(c1F)OCO2. The zero-order chi connectivity index (χ0) is 12.5. The van der Waals surface area contributed by atoms with Crippen LogP contribution in [0.25, 0.3) is 0 Å². The number of nitrogens with one attached hydrogen (secondary N) is 1. The Morgan fingerprint density at radius 3 is 3.06 bits per heavy atom. The Morgan fingerprint density at radius 1 is 1.39 bits per heavy atom. The number of hydrogen-bond acceptors (Lipinski definition) is 4. The molecule has 2 aliphatic heterocycles. The maximum atomic E-state index is 13.8. The van der Waals surface area contributed by atoms with E-state index >= 15 is 0 Å². The molecule has 3 rings (SSSR count). The predicted molar refractivity (Wildman–Crippen MR) is 63.5 cm³/mol. The van der Waals surface area contributed by atoms with E-state index in [1.165, 1.54) is 12.8 Å². The van der Waals surface area contributed by atoms with Crippen LogP contribution < -0.4 is 14.8 Å². The number of piperidine rings is 1. The first-order valence-electron chi connectivity index (χ1n) is 6.29. The van der Waals surface area contributed by atoms with Gasteiger partial charge < -0.3 is 19.9 Å². The highest BCUT2D eigenvalue weighted by molar-refractivity contribution is 5.53. The monoisotopic (exact) mass is 253 g/mol. The van der Waals surface area contributed by atoms with Gasteiger partial charge in [-0.05, 0) is 31.9 Å². The average molecular weight is 253 g/mol. The fourth-order valence-corrected chi connectivity index (χ4v) is 2.56. The second-order valence-corrected chi connectivity index (χ2v) is 4.78. The molecule has 2 N–H and O–H groups in total. The van der Waals surface area contributed by atoms with Crippen LogP contribution in [0, 0.1) is 5.82 Å². The molecule has 1 aromatic carbocycles. The van der Waals surface area contributed by atoms with Crippen molar-refractivity contribution < 1.29 is 19.0 Å². The smallest absolute Gasteiger partial charge is 0.231 e. The van der Waals surface area contributed by atoms with Crippen LogP contribution in [0.5, 0.6) is 17.2 Å². The van der Waals surface area contributed by atoms with E-state index in [4.69, 9.17) is 9.47 Å². The number of halogens is 1. The fourth-order valence-electron chi connectivity index (χ4n) is 2.56. The molecule has 2 heterocycles. The Balaban J connectivity index is 1.85. The Hall–Kier alpha value is -1.49. The van der Waals surface area contributed by atoms with Crippen LogP contribution in [0.15, 0.2) is 6.07 Å². The summed E-state index contributed by atoms with van der Waals surface area (Å²) in [6, 6.07) is 1.97. The molecule has 0 aliphatic carbocycles. The third-order valence-electron chi connectivity index (χ3n) is 3.54. The van der Waals surface area contributed by atoms with Crippen LogP contribution >= 0.6 is 0 Å². The van der Waals surface area contributed by atoms with Crippen LogP contribution in [0.3, 0.4) is 0 Å². The molecule has 1 aromatic rings. The Morgan fingerprint density at radius 2 is 2.28 bits per heavy atom. The lowest BCUT2D eigenvalue weighted by Crippen LogP contribution is -2.35. The largest absolute Gasteiger partial charge is 0.505 e.